The second-order valence-corrected chi connectivity index (χ2v) is 4.54. The van der Waals surface area contributed by atoms with E-state index < -0.39 is 5.91 Å². The van der Waals surface area contributed by atoms with Gasteiger partial charge in [0, 0.05) is 6.20 Å². The zero-order valence-corrected chi connectivity index (χ0v) is 11.0. The lowest BCUT2D eigenvalue weighted by Gasteiger charge is -2.17. The minimum Gasteiger partial charge on any atom is -0.365 e. The van der Waals surface area contributed by atoms with Crippen LogP contribution in [0.1, 0.15) is 34.5 Å². The Labute approximate surface area is 111 Å². The van der Waals surface area contributed by atoms with Gasteiger partial charge >= 0.3 is 0 Å². The lowest BCUT2D eigenvalue weighted by atomic mass is 10.1. The highest BCUT2D eigenvalue weighted by Gasteiger charge is 2.16. The van der Waals surface area contributed by atoms with Crippen molar-refractivity contribution in [1.82, 2.24) is 4.57 Å². The van der Waals surface area contributed by atoms with E-state index in [9.17, 15) is 9.59 Å². The lowest BCUT2D eigenvalue weighted by molar-refractivity contribution is 0.0997. The molecule has 1 amide bonds. The number of hydrogen-bond donors (Lipinski definition) is 1. The first-order valence-electron chi connectivity index (χ1n) is 6.09. The highest BCUT2D eigenvalue weighted by molar-refractivity contribution is 5.93. The number of nitrogens with two attached hydrogens (primary N) is 1. The Balaban J connectivity index is 2.56. The fourth-order valence-corrected chi connectivity index (χ4v) is 2.14. The van der Waals surface area contributed by atoms with E-state index in [4.69, 9.17) is 5.73 Å². The summed E-state index contributed by atoms with van der Waals surface area (Å²) >= 11 is 0. The summed E-state index contributed by atoms with van der Waals surface area (Å²) in [5, 5.41) is 0. The van der Waals surface area contributed by atoms with E-state index in [0.717, 1.165) is 5.56 Å². The molecule has 1 aromatic carbocycles. The molecule has 2 rings (SSSR count). The number of amides is 1. The Morgan fingerprint density at radius 2 is 1.84 bits per heavy atom. The van der Waals surface area contributed by atoms with Crippen LogP contribution in [0.4, 0.5) is 0 Å². The minimum absolute atomic E-state index is 0.0604. The maximum absolute atomic E-state index is 12.3. The van der Waals surface area contributed by atoms with E-state index in [0.29, 0.717) is 5.56 Å². The number of pyridine rings is 1. The van der Waals surface area contributed by atoms with Crippen molar-refractivity contribution >= 4 is 5.91 Å². The first kappa shape index (κ1) is 13.1. The molecule has 2 N–H and O–H groups in total. The van der Waals surface area contributed by atoms with Crippen LogP contribution in [-0.4, -0.2) is 10.5 Å². The van der Waals surface area contributed by atoms with Crippen LogP contribution in [0.25, 0.3) is 0 Å². The fraction of sp³-hybridized carbons (Fsp3) is 0.200. The molecule has 0 bridgehead atoms. The molecule has 1 aromatic heterocycles. The van der Waals surface area contributed by atoms with E-state index in [1.807, 2.05) is 37.3 Å². The van der Waals surface area contributed by atoms with Gasteiger partial charge in [0.25, 0.3) is 11.5 Å². The van der Waals surface area contributed by atoms with Gasteiger partial charge in [-0.25, -0.2) is 0 Å². The molecule has 0 saturated carbocycles. The number of primary amides is 1. The minimum atomic E-state index is -0.683. The number of rotatable bonds is 3. The van der Waals surface area contributed by atoms with E-state index in [1.165, 1.54) is 4.57 Å². The molecule has 2 aromatic rings. The average molecular weight is 256 g/mol. The molecule has 19 heavy (non-hydrogen) atoms. The van der Waals surface area contributed by atoms with Crippen molar-refractivity contribution in [3.05, 3.63) is 69.6 Å². The lowest BCUT2D eigenvalue weighted by Crippen LogP contribution is -2.32. The average Bonchev–Trinajstić information content (AvgIpc) is 2.39. The summed E-state index contributed by atoms with van der Waals surface area (Å²) in [4.78, 5) is 23.7. The summed E-state index contributed by atoms with van der Waals surface area (Å²) in [5.74, 6) is -0.683. The standard InChI is InChI=1S/C15H16N2O2/c1-10-8-9-17(15(19)13(10)14(16)18)11(2)12-6-4-3-5-7-12/h3-9,11H,1-2H3,(H2,16,18). The second kappa shape index (κ2) is 5.10. The first-order chi connectivity index (χ1) is 9.02. The van der Waals surface area contributed by atoms with Gasteiger partial charge in [-0.05, 0) is 31.0 Å². The van der Waals surface area contributed by atoms with Gasteiger partial charge < -0.3 is 10.3 Å². The molecule has 1 heterocycles. The third kappa shape index (κ3) is 2.42. The SMILES string of the molecule is Cc1ccn(C(C)c2ccccc2)c(=O)c1C(N)=O. The molecule has 0 fully saturated rings. The quantitative estimate of drug-likeness (QED) is 0.911. The second-order valence-electron chi connectivity index (χ2n) is 4.54. The van der Waals surface area contributed by atoms with Gasteiger partial charge in [0.2, 0.25) is 0 Å². The van der Waals surface area contributed by atoms with Crippen LogP contribution < -0.4 is 11.3 Å². The number of hydrogen-bond acceptors (Lipinski definition) is 2. The van der Waals surface area contributed by atoms with Crippen LogP contribution in [0.15, 0.2) is 47.4 Å². The molecule has 0 aliphatic heterocycles. The van der Waals surface area contributed by atoms with E-state index >= 15 is 0 Å². The van der Waals surface area contributed by atoms with Crippen molar-refractivity contribution in [2.45, 2.75) is 19.9 Å². The Kier molecular flexibility index (Phi) is 3.51. The van der Waals surface area contributed by atoms with Crippen LogP contribution in [0.2, 0.25) is 0 Å². The normalized spacial score (nSPS) is 12.1. The number of carbonyl (C=O) groups excluding carboxylic acids is 1. The molecule has 0 radical (unpaired) electrons. The zero-order chi connectivity index (χ0) is 14.0. The van der Waals surface area contributed by atoms with Crippen molar-refractivity contribution in [2.24, 2.45) is 5.73 Å². The van der Waals surface area contributed by atoms with E-state index in [2.05, 4.69) is 0 Å². The van der Waals surface area contributed by atoms with Crippen molar-refractivity contribution in [3.63, 3.8) is 0 Å². The third-order valence-electron chi connectivity index (χ3n) is 3.27. The molecule has 0 aliphatic carbocycles. The molecule has 4 nitrogen and oxygen atoms in total. The van der Waals surface area contributed by atoms with E-state index in [1.54, 1.807) is 19.2 Å². The summed E-state index contributed by atoms with van der Waals surface area (Å²) in [5.41, 5.74) is 6.60. The van der Waals surface area contributed by atoms with Gasteiger partial charge in [-0.3, -0.25) is 9.59 Å². The maximum atomic E-state index is 12.3. The smallest absolute Gasteiger partial charge is 0.264 e. The molecule has 0 saturated heterocycles. The van der Waals surface area contributed by atoms with Crippen molar-refractivity contribution in [2.75, 3.05) is 0 Å². The topological polar surface area (TPSA) is 65.1 Å². The summed E-state index contributed by atoms with van der Waals surface area (Å²) in [6, 6.07) is 11.2. The highest BCUT2D eigenvalue weighted by atomic mass is 16.2. The molecular weight excluding hydrogens is 240 g/mol. The third-order valence-corrected chi connectivity index (χ3v) is 3.27. The molecule has 0 aliphatic rings. The highest BCUT2D eigenvalue weighted by Crippen LogP contribution is 2.16. The predicted molar refractivity (Wildman–Crippen MR) is 74.2 cm³/mol. The first-order valence-corrected chi connectivity index (χ1v) is 6.09. The Hall–Kier alpha value is -2.36. The molecule has 1 unspecified atom stereocenters. The van der Waals surface area contributed by atoms with Crippen molar-refractivity contribution in [1.29, 1.82) is 0 Å². The predicted octanol–water partition coefficient (Wildman–Crippen LogP) is 1.86. The van der Waals surface area contributed by atoms with Crippen LogP contribution in [0.3, 0.4) is 0 Å². The van der Waals surface area contributed by atoms with E-state index in [-0.39, 0.29) is 17.2 Å². The van der Waals surface area contributed by atoms with Gasteiger partial charge in [0.1, 0.15) is 5.56 Å². The summed E-state index contributed by atoms with van der Waals surface area (Å²) in [7, 11) is 0. The fourth-order valence-electron chi connectivity index (χ4n) is 2.14. The molecular formula is C15H16N2O2. The van der Waals surface area contributed by atoms with Crippen molar-refractivity contribution in [3.8, 4) is 0 Å². The largest absolute Gasteiger partial charge is 0.365 e. The Bertz CT molecular complexity index is 660. The molecule has 4 heteroatoms. The van der Waals surface area contributed by atoms with Crippen LogP contribution >= 0.6 is 0 Å². The zero-order valence-electron chi connectivity index (χ0n) is 11.0. The van der Waals surface area contributed by atoms with Crippen LogP contribution in [0.5, 0.6) is 0 Å². The summed E-state index contributed by atoms with van der Waals surface area (Å²) in [6.07, 6.45) is 1.70. The number of aromatic nitrogens is 1. The van der Waals surface area contributed by atoms with Gasteiger partial charge in [-0.1, -0.05) is 30.3 Å². The van der Waals surface area contributed by atoms with Crippen LogP contribution in [-0.2, 0) is 0 Å². The Morgan fingerprint density at radius 1 is 1.21 bits per heavy atom. The van der Waals surface area contributed by atoms with Gasteiger partial charge in [0.15, 0.2) is 0 Å². The molecule has 0 spiro atoms. The number of nitrogens with zero attached hydrogens (tertiary/aromatic N) is 1. The summed E-state index contributed by atoms with van der Waals surface area (Å²) in [6.45, 7) is 3.62. The van der Waals surface area contributed by atoms with Crippen molar-refractivity contribution < 1.29 is 4.79 Å². The molecule has 98 valence electrons. The summed E-state index contributed by atoms with van der Waals surface area (Å²) < 4.78 is 1.53. The van der Waals surface area contributed by atoms with Crippen LogP contribution in [0, 0.1) is 6.92 Å². The molecule has 1 atom stereocenters. The number of aryl methyl sites for hydroxylation is 1. The van der Waals surface area contributed by atoms with Gasteiger partial charge in [-0.15, -0.1) is 0 Å². The monoisotopic (exact) mass is 256 g/mol. The van der Waals surface area contributed by atoms with Gasteiger partial charge in [0.05, 0.1) is 6.04 Å². The Morgan fingerprint density at radius 3 is 2.42 bits per heavy atom. The van der Waals surface area contributed by atoms with Gasteiger partial charge in [-0.2, -0.15) is 0 Å². The maximum Gasteiger partial charge on any atom is 0.264 e. The number of benzene rings is 1. The number of carbonyl (C=O) groups is 1.